The van der Waals surface area contributed by atoms with Crippen molar-refractivity contribution in [2.24, 2.45) is 0 Å². The molecule has 0 saturated heterocycles. The SMILES string of the molecule is Cc1cc(C(O)c2ccoc2Br)c(C)cc1Br. The van der Waals surface area contributed by atoms with E-state index in [1.165, 1.54) is 0 Å². The molecule has 1 aromatic carbocycles. The maximum absolute atomic E-state index is 10.4. The van der Waals surface area contributed by atoms with Crippen LogP contribution >= 0.6 is 31.9 Å². The van der Waals surface area contributed by atoms with Crippen LogP contribution in [0.1, 0.15) is 28.4 Å². The number of aliphatic hydroxyl groups is 1. The van der Waals surface area contributed by atoms with E-state index in [4.69, 9.17) is 4.42 Å². The molecule has 0 aliphatic heterocycles. The molecule has 1 unspecified atom stereocenters. The van der Waals surface area contributed by atoms with Crippen LogP contribution in [-0.2, 0) is 0 Å². The van der Waals surface area contributed by atoms with Gasteiger partial charge in [0.2, 0.25) is 0 Å². The third kappa shape index (κ3) is 2.49. The van der Waals surface area contributed by atoms with Crippen molar-refractivity contribution < 1.29 is 9.52 Å². The highest BCUT2D eigenvalue weighted by Gasteiger charge is 2.18. The van der Waals surface area contributed by atoms with E-state index in [2.05, 4.69) is 31.9 Å². The molecule has 1 aromatic heterocycles. The molecule has 2 aromatic rings. The van der Waals surface area contributed by atoms with Gasteiger partial charge in [-0.1, -0.05) is 22.0 Å². The summed E-state index contributed by atoms with van der Waals surface area (Å²) in [5, 5.41) is 10.4. The largest absolute Gasteiger partial charge is 0.457 e. The van der Waals surface area contributed by atoms with Crippen molar-refractivity contribution in [3.63, 3.8) is 0 Å². The molecule has 0 aliphatic rings. The van der Waals surface area contributed by atoms with Crippen LogP contribution in [0, 0.1) is 13.8 Å². The van der Waals surface area contributed by atoms with Crippen LogP contribution in [0.5, 0.6) is 0 Å². The van der Waals surface area contributed by atoms with Crippen molar-refractivity contribution in [2.75, 3.05) is 0 Å². The van der Waals surface area contributed by atoms with E-state index in [9.17, 15) is 5.11 Å². The highest BCUT2D eigenvalue weighted by molar-refractivity contribution is 9.10. The van der Waals surface area contributed by atoms with Gasteiger partial charge >= 0.3 is 0 Å². The van der Waals surface area contributed by atoms with Crippen molar-refractivity contribution >= 4 is 31.9 Å². The highest BCUT2D eigenvalue weighted by atomic mass is 79.9. The van der Waals surface area contributed by atoms with Crippen molar-refractivity contribution in [3.8, 4) is 0 Å². The Labute approximate surface area is 117 Å². The monoisotopic (exact) mass is 358 g/mol. The fraction of sp³-hybridized carbons (Fsp3) is 0.231. The number of hydrogen-bond acceptors (Lipinski definition) is 2. The topological polar surface area (TPSA) is 33.4 Å². The van der Waals surface area contributed by atoms with Crippen LogP contribution in [0.2, 0.25) is 0 Å². The third-order valence-corrected chi connectivity index (χ3v) is 4.28. The first-order valence-electron chi connectivity index (χ1n) is 5.18. The standard InChI is InChI=1S/C13H12Br2O2/c1-7-6-11(14)8(2)5-10(7)12(16)9-3-4-17-13(9)15/h3-6,12,16H,1-2H3. The normalized spacial score (nSPS) is 12.8. The lowest BCUT2D eigenvalue weighted by Crippen LogP contribution is -2.02. The zero-order valence-electron chi connectivity index (χ0n) is 9.50. The lowest BCUT2D eigenvalue weighted by atomic mass is 9.97. The van der Waals surface area contributed by atoms with Gasteiger partial charge < -0.3 is 9.52 Å². The molecular weight excluding hydrogens is 348 g/mol. The first-order chi connectivity index (χ1) is 8.00. The fourth-order valence-electron chi connectivity index (χ4n) is 1.76. The molecule has 17 heavy (non-hydrogen) atoms. The molecule has 2 nitrogen and oxygen atoms in total. The van der Waals surface area contributed by atoms with E-state index in [1.54, 1.807) is 12.3 Å². The maximum atomic E-state index is 10.4. The average molecular weight is 360 g/mol. The summed E-state index contributed by atoms with van der Waals surface area (Å²) in [7, 11) is 0. The summed E-state index contributed by atoms with van der Waals surface area (Å²) in [6.45, 7) is 3.99. The highest BCUT2D eigenvalue weighted by Crippen LogP contribution is 2.33. The Morgan fingerprint density at radius 1 is 1.12 bits per heavy atom. The summed E-state index contributed by atoms with van der Waals surface area (Å²) in [6.07, 6.45) is 0.888. The Kier molecular flexibility index (Phi) is 3.76. The molecule has 90 valence electrons. The first-order valence-corrected chi connectivity index (χ1v) is 6.77. The van der Waals surface area contributed by atoms with Gasteiger partial charge in [0.1, 0.15) is 6.10 Å². The number of aryl methyl sites for hydroxylation is 2. The van der Waals surface area contributed by atoms with Gasteiger partial charge in [-0.2, -0.15) is 0 Å². The molecule has 1 N–H and O–H groups in total. The number of furan rings is 1. The van der Waals surface area contributed by atoms with E-state index < -0.39 is 6.10 Å². The lowest BCUT2D eigenvalue weighted by Gasteiger charge is -2.14. The molecule has 0 aliphatic carbocycles. The van der Waals surface area contributed by atoms with Crippen LogP contribution in [0.3, 0.4) is 0 Å². The minimum atomic E-state index is -0.671. The van der Waals surface area contributed by atoms with Gasteiger partial charge in [0, 0.05) is 10.0 Å². The van der Waals surface area contributed by atoms with Crippen LogP contribution in [0.4, 0.5) is 0 Å². The maximum Gasteiger partial charge on any atom is 0.175 e. The van der Waals surface area contributed by atoms with E-state index in [-0.39, 0.29) is 0 Å². The van der Waals surface area contributed by atoms with Gasteiger partial charge in [-0.05, 0) is 58.6 Å². The van der Waals surface area contributed by atoms with Crippen molar-refractivity contribution in [1.29, 1.82) is 0 Å². The van der Waals surface area contributed by atoms with Gasteiger partial charge in [0.25, 0.3) is 0 Å². The molecule has 4 heteroatoms. The van der Waals surface area contributed by atoms with Gasteiger partial charge in [0.15, 0.2) is 4.67 Å². The number of hydrogen-bond donors (Lipinski definition) is 1. The van der Waals surface area contributed by atoms with Crippen molar-refractivity contribution in [2.45, 2.75) is 20.0 Å². The third-order valence-electron chi connectivity index (χ3n) is 2.78. The van der Waals surface area contributed by atoms with Gasteiger partial charge in [-0.3, -0.25) is 0 Å². The lowest BCUT2D eigenvalue weighted by molar-refractivity contribution is 0.217. The van der Waals surface area contributed by atoms with Gasteiger partial charge in [-0.15, -0.1) is 0 Å². The fourth-order valence-corrected chi connectivity index (χ4v) is 2.68. The van der Waals surface area contributed by atoms with Gasteiger partial charge in [-0.25, -0.2) is 0 Å². The summed E-state index contributed by atoms with van der Waals surface area (Å²) < 4.78 is 6.78. The number of halogens is 2. The molecule has 1 atom stereocenters. The molecule has 0 radical (unpaired) electrons. The predicted octanol–water partition coefficient (Wildman–Crippen LogP) is 4.50. The molecule has 0 bridgehead atoms. The molecule has 0 amide bonds. The number of benzene rings is 1. The second-order valence-electron chi connectivity index (χ2n) is 4.01. The van der Waals surface area contributed by atoms with E-state index in [1.807, 2.05) is 26.0 Å². The molecular formula is C13H12Br2O2. The van der Waals surface area contributed by atoms with Crippen LogP contribution in [-0.4, -0.2) is 5.11 Å². The van der Waals surface area contributed by atoms with E-state index in [0.717, 1.165) is 26.7 Å². The van der Waals surface area contributed by atoms with Crippen LogP contribution in [0.15, 0.2) is 38.0 Å². The molecule has 1 heterocycles. The van der Waals surface area contributed by atoms with E-state index in [0.29, 0.717) is 4.67 Å². The number of rotatable bonds is 2. The smallest absolute Gasteiger partial charge is 0.175 e. The van der Waals surface area contributed by atoms with Crippen LogP contribution < -0.4 is 0 Å². The first kappa shape index (κ1) is 12.9. The molecule has 0 fully saturated rings. The summed E-state index contributed by atoms with van der Waals surface area (Å²) in [5.74, 6) is 0. The van der Waals surface area contributed by atoms with Crippen molar-refractivity contribution in [1.82, 2.24) is 0 Å². The zero-order chi connectivity index (χ0) is 12.6. The Hall–Kier alpha value is -0.580. The van der Waals surface area contributed by atoms with Gasteiger partial charge in [0.05, 0.1) is 6.26 Å². The summed E-state index contributed by atoms with van der Waals surface area (Å²) in [5.41, 5.74) is 3.79. The quantitative estimate of drug-likeness (QED) is 0.856. The minimum absolute atomic E-state index is 0.574. The predicted molar refractivity (Wildman–Crippen MR) is 74.1 cm³/mol. The Morgan fingerprint density at radius 2 is 1.82 bits per heavy atom. The minimum Gasteiger partial charge on any atom is -0.457 e. The summed E-state index contributed by atoms with van der Waals surface area (Å²) >= 11 is 6.77. The molecule has 0 saturated carbocycles. The summed E-state index contributed by atoms with van der Waals surface area (Å²) in [4.78, 5) is 0. The van der Waals surface area contributed by atoms with Crippen molar-refractivity contribution in [3.05, 3.63) is 55.9 Å². The number of aliphatic hydroxyl groups excluding tert-OH is 1. The second kappa shape index (κ2) is 4.96. The second-order valence-corrected chi connectivity index (χ2v) is 5.58. The zero-order valence-corrected chi connectivity index (χ0v) is 12.7. The average Bonchev–Trinajstić information content (AvgIpc) is 2.69. The summed E-state index contributed by atoms with van der Waals surface area (Å²) in [6, 6.07) is 5.77. The Bertz CT molecular complexity index is 546. The van der Waals surface area contributed by atoms with Crippen LogP contribution in [0.25, 0.3) is 0 Å². The Morgan fingerprint density at radius 3 is 2.41 bits per heavy atom. The van der Waals surface area contributed by atoms with E-state index >= 15 is 0 Å². The molecule has 2 rings (SSSR count). The molecule has 0 spiro atoms. The Balaban J connectivity index is 2.48.